The molecule has 44 heavy (non-hydrogen) atoms. The van der Waals surface area contributed by atoms with Gasteiger partial charge in [0.25, 0.3) is 11.4 Å². The van der Waals surface area contributed by atoms with Crippen LogP contribution >= 0.6 is 0 Å². The quantitative estimate of drug-likeness (QED) is 0.222. The molecule has 6 rings (SSSR count). The SMILES string of the molecule is CCn1c(=O)n(CCCOC2CCCCO2)c(=O)c2c1nc(-c1cc(F)c(OC3CCC3)nc1C)n2Cc1ccc(F)cc1. The fourth-order valence-corrected chi connectivity index (χ4v) is 5.70. The van der Waals surface area contributed by atoms with E-state index in [1.54, 1.807) is 30.5 Å². The summed E-state index contributed by atoms with van der Waals surface area (Å²) in [6, 6.07) is 7.22. The van der Waals surface area contributed by atoms with Gasteiger partial charge in [-0.1, -0.05) is 12.1 Å². The maximum atomic E-state index is 15.3. The van der Waals surface area contributed by atoms with Crippen LogP contribution in [0.15, 0.2) is 39.9 Å². The molecule has 0 spiro atoms. The lowest BCUT2D eigenvalue weighted by Crippen LogP contribution is -2.40. The summed E-state index contributed by atoms with van der Waals surface area (Å²) in [5.41, 5.74) is 0.911. The van der Waals surface area contributed by atoms with Crippen molar-refractivity contribution in [2.24, 2.45) is 0 Å². The van der Waals surface area contributed by atoms with Gasteiger partial charge < -0.3 is 18.8 Å². The van der Waals surface area contributed by atoms with E-state index >= 15 is 4.39 Å². The van der Waals surface area contributed by atoms with Crippen LogP contribution in [0.2, 0.25) is 0 Å². The predicted octanol–water partition coefficient (Wildman–Crippen LogP) is 4.94. The molecular formula is C32H37F2N5O5. The van der Waals surface area contributed by atoms with Crippen LogP contribution in [0.4, 0.5) is 8.78 Å². The van der Waals surface area contributed by atoms with Gasteiger partial charge in [-0.3, -0.25) is 13.9 Å². The molecule has 4 aromatic rings. The van der Waals surface area contributed by atoms with Crippen molar-refractivity contribution in [3.05, 3.63) is 74.1 Å². The first kappa shape index (κ1) is 30.1. The highest BCUT2D eigenvalue weighted by molar-refractivity contribution is 5.78. The number of aryl methyl sites for hydroxylation is 2. The van der Waals surface area contributed by atoms with Crippen molar-refractivity contribution in [3.63, 3.8) is 0 Å². The van der Waals surface area contributed by atoms with Gasteiger partial charge in [-0.05, 0) is 82.6 Å². The van der Waals surface area contributed by atoms with E-state index in [-0.39, 0.29) is 54.9 Å². The number of imidazole rings is 1. The number of rotatable bonds is 11. The van der Waals surface area contributed by atoms with Crippen LogP contribution < -0.4 is 16.0 Å². The minimum absolute atomic E-state index is 0.0525. The molecule has 1 aliphatic heterocycles. The Hall–Kier alpha value is -3.90. The highest BCUT2D eigenvalue weighted by Crippen LogP contribution is 2.32. The Bertz CT molecular complexity index is 1750. The van der Waals surface area contributed by atoms with E-state index in [1.165, 1.54) is 27.3 Å². The number of nitrogens with zero attached hydrogens (tertiary/aromatic N) is 5. The minimum atomic E-state index is -0.634. The molecule has 0 bridgehead atoms. The van der Waals surface area contributed by atoms with Crippen LogP contribution in [0.3, 0.4) is 0 Å². The Morgan fingerprint density at radius 1 is 1.00 bits per heavy atom. The molecular weight excluding hydrogens is 572 g/mol. The van der Waals surface area contributed by atoms with Gasteiger partial charge in [-0.15, -0.1) is 0 Å². The summed E-state index contributed by atoms with van der Waals surface area (Å²) in [5.74, 6) is -0.815. The highest BCUT2D eigenvalue weighted by Gasteiger charge is 2.26. The highest BCUT2D eigenvalue weighted by atomic mass is 19.1. The average Bonchev–Trinajstić information content (AvgIpc) is 3.36. The minimum Gasteiger partial charge on any atom is -0.472 e. The summed E-state index contributed by atoms with van der Waals surface area (Å²) in [5, 5.41) is 0. The molecule has 3 aromatic heterocycles. The van der Waals surface area contributed by atoms with E-state index in [0.29, 0.717) is 36.5 Å². The van der Waals surface area contributed by atoms with E-state index in [4.69, 9.17) is 19.2 Å². The number of fused-ring (bicyclic) bond motifs is 1. The number of benzene rings is 1. The molecule has 1 aliphatic carbocycles. The van der Waals surface area contributed by atoms with Crippen molar-refractivity contribution in [1.29, 1.82) is 0 Å². The number of ether oxygens (including phenoxy) is 3. The summed E-state index contributed by atoms with van der Waals surface area (Å²) in [6.45, 7) is 5.06. The molecule has 1 atom stereocenters. The Morgan fingerprint density at radius 2 is 1.80 bits per heavy atom. The molecule has 0 amide bonds. The Balaban J connectivity index is 1.43. The monoisotopic (exact) mass is 609 g/mol. The summed E-state index contributed by atoms with van der Waals surface area (Å²) < 4.78 is 50.6. The van der Waals surface area contributed by atoms with Gasteiger partial charge in [-0.2, -0.15) is 0 Å². The van der Waals surface area contributed by atoms with Crippen molar-refractivity contribution in [1.82, 2.24) is 23.7 Å². The number of halogens is 2. The molecule has 10 nitrogen and oxygen atoms in total. The van der Waals surface area contributed by atoms with Crippen molar-refractivity contribution in [2.45, 2.75) is 90.8 Å². The summed E-state index contributed by atoms with van der Waals surface area (Å²) in [6.07, 6.45) is 5.74. The van der Waals surface area contributed by atoms with E-state index in [0.717, 1.165) is 38.5 Å². The first-order valence-corrected chi connectivity index (χ1v) is 15.4. The molecule has 0 N–H and O–H groups in total. The number of hydrogen-bond acceptors (Lipinski definition) is 7. The first-order valence-electron chi connectivity index (χ1n) is 15.4. The van der Waals surface area contributed by atoms with E-state index in [1.807, 2.05) is 0 Å². The molecule has 2 aliphatic rings. The van der Waals surface area contributed by atoms with E-state index in [2.05, 4.69) is 4.98 Å². The second-order valence-electron chi connectivity index (χ2n) is 11.4. The summed E-state index contributed by atoms with van der Waals surface area (Å²) in [7, 11) is 0. The van der Waals surface area contributed by atoms with Crippen molar-refractivity contribution in [2.75, 3.05) is 13.2 Å². The zero-order valence-electron chi connectivity index (χ0n) is 25.1. The van der Waals surface area contributed by atoms with Gasteiger partial charge in [0, 0.05) is 31.8 Å². The van der Waals surface area contributed by atoms with Crippen LogP contribution in [0.25, 0.3) is 22.6 Å². The van der Waals surface area contributed by atoms with Gasteiger partial charge in [-0.25, -0.2) is 23.5 Å². The Labute approximate surface area is 253 Å². The molecule has 234 valence electrons. The molecule has 1 unspecified atom stereocenters. The lowest BCUT2D eigenvalue weighted by atomic mass is 9.96. The molecule has 4 heterocycles. The Morgan fingerprint density at radius 3 is 2.48 bits per heavy atom. The smallest absolute Gasteiger partial charge is 0.332 e. The van der Waals surface area contributed by atoms with Gasteiger partial charge in [0.2, 0.25) is 0 Å². The predicted molar refractivity (Wildman–Crippen MR) is 160 cm³/mol. The fourth-order valence-electron chi connectivity index (χ4n) is 5.70. The lowest BCUT2D eigenvalue weighted by Gasteiger charge is -2.26. The third kappa shape index (κ3) is 6.05. The maximum Gasteiger partial charge on any atom is 0.332 e. The van der Waals surface area contributed by atoms with Crippen molar-refractivity contribution >= 4 is 11.2 Å². The standard InChI is InChI=1S/C32H37F2N5O5/c1-3-37-29-27(31(40)38(32(37)41)15-7-17-43-26-10-4-5-16-42-26)39(19-21-11-13-22(33)14-12-21)28(36-29)24-18-25(34)30(35-20(24)2)44-23-8-6-9-23/h11-14,18,23,26H,3-10,15-17,19H2,1-2H3. The first-order chi connectivity index (χ1) is 21.3. The van der Waals surface area contributed by atoms with Gasteiger partial charge in [0.05, 0.1) is 12.3 Å². The normalized spacial score (nSPS) is 17.2. The maximum absolute atomic E-state index is 15.3. The second-order valence-corrected chi connectivity index (χ2v) is 11.4. The van der Waals surface area contributed by atoms with E-state index < -0.39 is 22.9 Å². The number of pyridine rings is 1. The topological polar surface area (TPSA) is 102 Å². The average molecular weight is 610 g/mol. The molecule has 1 aromatic carbocycles. The molecule has 1 saturated heterocycles. The van der Waals surface area contributed by atoms with Crippen LogP contribution in [0.1, 0.15) is 63.1 Å². The van der Waals surface area contributed by atoms with Crippen molar-refractivity contribution in [3.8, 4) is 17.3 Å². The largest absolute Gasteiger partial charge is 0.472 e. The molecule has 12 heteroatoms. The lowest BCUT2D eigenvalue weighted by molar-refractivity contribution is -0.163. The fraction of sp³-hybridized carbons (Fsp3) is 0.500. The second kappa shape index (κ2) is 13.0. The van der Waals surface area contributed by atoms with Crippen LogP contribution in [0.5, 0.6) is 5.88 Å². The van der Waals surface area contributed by atoms with Gasteiger partial charge in [0.15, 0.2) is 23.3 Å². The van der Waals surface area contributed by atoms with Crippen LogP contribution in [-0.4, -0.2) is 49.3 Å². The molecule has 0 radical (unpaired) electrons. The van der Waals surface area contributed by atoms with Crippen LogP contribution in [-0.2, 0) is 29.1 Å². The van der Waals surface area contributed by atoms with Gasteiger partial charge in [0.1, 0.15) is 17.7 Å². The van der Waals surface area contributed by atoms with E-state index in [9.17, 15) is 14.0 Å². The zero-order valence-corrected chi connectivity index (χ0v) is 25.1. The summed E-state index contributed by atoms with van der Waals surface area (Å²) in [4.78, 5) is 36.8. The third-order valence-corrected chi connectivity index (χ3v) is 8.36. The zero-order chi connectivity index (χ0) is 30.8. The summed E-state index contributed by atoms with van der Waals surface area (Å²) >= 11 is 0. The number of hydrogen-bond donors (Lipinski definition) is 0. The third-order valence-electron chi connectivity index (χ3n) is 8.36. The Kier molecular flexibility index (Phi) is 8.90. The van der Waals surface area contributed by atoms with Crippen LogP contribution in [0, 0.1) is 18.6 Å². The molecule has 1 saturated carbocycles. The van der Waals surface area contributed by atoms with Crippen molar-refractivity contribution < 1.29 is 23.0 Å². The van der Waals surface area contributed by atoms with Gasteiger partial charge >= 0.3 is 5.69 Å². The number of aromatic nitrogens is 5. The molecule has 2 fully saturated rings.